The van der Waals surface area contributed by atoms with Gasteiger partial charge in [-0.15, -0.1) is 0 Å². The smallest absolute Gasteiger partial charge is 0.226 e. The van der Waals surface area contributed by atoms with Crippen LogP contribution in [-0.4, -0.2) is 19.5 Å². The van der Waals surface area contributed by atoms with Crippen LogP contribution in [0.5, 0.6) is 0 Å². The molecule has 5 heteroatoms. The zero-order valence-electron chi connectivity index (χ0n) is 9.42. The van der Waals surface area contributed by atoms with Gasteiger partial charge in [0.25, 0.3) is 0 Å². The normalized spacial score (nSPS) is 11.3. The fraction of sp³-hybridized carbons (Fsp3) is 0.364. The second-order valence-corrected chi connectivity index (χ2v) is 6.63. The van der Waals surface area contributed by atoms with Gasteiger partial charge in [-0.3, -0.25) is 9.69 Å². The topological polar surface area (TPSA) is 20.3 Å². The van der Waals surface area contributed by atoms with E-state index < -0.39 is 4.08 Å². The Kier molecular flexibility index (Phi) is 4.41. The number of carbonyl (C=O) groups is 1. The van der Waals surface area contributed by atoms with Crippen molar-refractivity contribution in [1.82, 2.24) is 0 Å². The lowest BCUT2D eigenvalue weighted by molar-refractivity contribution is -0.116. The van der Waals surface area contributed by atoms with Crippen molar-refractivity contribution in [3.05, 3.63) is 29.8 Å². The number of alkyl halides is 2. The van der Waals surface area contributed by atoms with Gasteiger partial charge in [-0.05, 0) is 19.1 Å². The lowest BCUT2D eigenvalue weighted by atomic mass is 10.2. The highest BCUT2D eigenvalue weighted by molar-refractivity contribution is 6.74. The first-order chi connectivity index (χ1) is 7.38. The van der Waals surface area contributed by atoms with E-state index in [4.69, 9.17) is 23.2 Å². The molecule has 2 nitrogen and oxygen atoms in total. The second-order valence-electron chi connectivity index (χ2n) is 3.48. The van der Waals surface area contributed by atoms with E-state index in [1.54, 1.807) is 0 Å². The predicted octanol–water partition coefficient (Wildman–Crippen LogP) is 3.19. The van der Waals surface area contributed by atoms with E-state index in [2.05, 4.69) is 0 Å². The number of aryl methyl sites for hydroxylation is 1. The van der Waals surface area contributed by atoms with E-state index in [1.807, 2.05) is 37.7 Å². The van der Waals surface area contributed by atoms with Crippen LogP contribution in [0.1, 0.15) is 12.5 Å². The van der Waals surface area contributed by atoms with Gasteiger partial charge in [-0.25, -0.2) is 0 Å². The molecule has 0 aliphatic carbocycles. The third-order valence-corrected chi connectivity index (χ3v) is 4.49. The van der Waals surface area contributed by atoms with Crippen LogP contribution in [0.2, 0.25) is 6.55 Å². The minimum atomic E-state index is -1.17. The fourth-order valence-corrected chi connectivity index (χ4v) is 2.29. The maximum Gasteiger partial charge on any atom is 0.226 e. The molecule has 0 aliphatic rings. The summed E-state index contributed by atoms with van der Waals surface area (Å²) in [7, 11) is 0.216. The fourth-order valence-electron chi connectivity index (χ4n) is 1.35. The van der Waals surface area contributed by atoms with Crippen LogP contribution in [0, 0.1) is 6.92 Å². The largest absolute Gasteiger partial charge is 0.284 e. The van der Waals surface area contributed by atoms with Crippen molar-refractivity contribution in [1.29, 1.82) is 0 Å². The summed E-state index contributed by atoms with van der Waals surface area (Å²) in [4.78, 5) is 13.0. The summed E-state index contributed by atoms with van der Waals surface area (Å²) >= 11 is 12.3. The molecule has 0 aliphatic heterocycles. The van der Waals surface area contributed by atoms with Crippen molar-refractivity contribution in [2.45, 2.75) is 24.5 Å². The molecule has 1 rings (SSSR count). The number of carbonyl (C=O) groups excluding carboxylic acids is 1. The van der Waals surface area contributed by atoms with E-state index in [0.29, 0.717) is 0 Å². The molecule has 0 aromatic heterocycles. The number of hydrogen-bond donors (Lipinski definition) is 0. The molecule has 0 atom stereocenters. The molecule has 0 saturated carbocycles. The van der Waals surface area contributed by atoms with Crippen LogP contribution >= 0.6 is 23.2 Å². The first-order valence-electron chi connectivity index (χ1n) is 4.82. The van der Waals surface area contributed by atoms with Gasteiger partial charge in [0.05, 0.1) is 0 Å². The number of nitrogens with zero attached hydrogens (tertiary/aromatic N) is 1. The molecule has 0 spiro atoms. The molecule has 0 heterocycles. The second kappa shape index (κ2) is 5.21. The van der Waals surface area contributed by atoms with Crippen LogP contribution in [0.4, 0.5) is 5.69 Å². The highest BCUT2D eigenvalue weighted by Gasteiger charge is 2.33. The molecule has 86 valence electrons. The number of rotatable bonds is 3. The zero-order valence-corrected chi connectivity index (χ0v) is 11.9. The Morgan fingerprint density at radius 1 is 1.31 bits per heavy atom. The van der Waals surface area contributed by atoms with Gasteiger partial charge in [0.15, 0.2) is 4.08 Å². The van der Waals surface area contributed by atoms with Crippen molar-refractivity contribution in [2.75, 3.05) is 4.90 Å². The highest BCUT2D eigenvalue weighted by atomic mass is 35.5. The summed E-state index contributed by atoms with van der Waals surface area (Å²) in [6, 6.07) is 7.54. The third-order valence-electron chi connectivity index (χ3n) is 2.19. The van der Waals surface area contributed by atoms with E-state index >= 15 is 0 Å². The molecular formula is C11H13Cl2NOSi. The van der Waals surface area contributed by atoms with Crippen LogP contribution in [0.3, 0.4) is 0 Å². The predicted molar refractivity (Wildman–Crippen MR) is 70.4 cm³/mol. The van der Waals surface area contributed by atoms with E-state index in [1.165, 1.54) is 11.8 Å². The third kappa shape index (κ3) is 3.00. The number of amides is 1. The van der Waals surface area contributed by atoms with Gasteiger partial charge < -0.3 is 0 Å². The summed E-state index contributed by atoms with van der Waals surface area (Å²) in [6.07, 6.45) is 0. The minimum absolute atomic E-state index is 0.164. The Balaban J connectivity index is 3.13. The molecule has 0 N–H and O–H groups in total. The minimum Gasteiger partial charge on any atom is -0.284 e. The number of hydrogen-bond acceptors (Lipinski definition) is 1. The number of benzene rings is 1. The Hall–Kier alpha value is -0.513. The molecule has 1 aromatic carbocycles. The van der Waals surface area contributed by atoms with Crippen LogP contribution in [0.15, 0.2) is 24.3 Å². The lowest BCUT2D eigenvalue weighted by Gasteiger charge is -2.32. The van der Waals surface area contributed by atoms with Crippen molar-refractivity contribution in [3.8, 4) is 0 Å². The lowest BCUT2D eigenvalue weighted by Crippen LogP contribution is -2.46. The quantitative estimate of drug-likeness (QED) is 0.471. The van der Waals surface area contributed by atoms with Crippen LogP contribution in [0.25, 0.3) is 0 Å². The Labute approximate surface area is 108 Å². The van der Waals surface area contributed by atoms with Gasteiger partial charge in [0, 0.05) is 12.6 Å². The van der Waals surface area contributed by atoms with Gasteiger partial charge >= 0.3 is 0 Å². The molecule has 0 saturated heterocycles. The number of halogens is 2. The summed E-state index contributed by atoms with van der Waals surface area (Å²) in [5, 5.41) is 0. The van der Waals surface area contributed by atoms with Crippen molar-refractivity contribution < 1.29 is 4.79 Å². The number of anilines is 1. The molecule has 0 unspecified atom stereocenters. The maximum absolute atomic E-state index is 11.6. The zero-order chi connectivity index (χ0) is 12.3. The summed E-state index contributed by atoms with van der Waals surface area (Å²) < 4.78 is -1.17. The van der Waals surface area contributed by atoms with Crippen molar-refractivity contribution in [3.63, 3.8) is 0 Å². The average molecular weight is 274 g/mol. The van der Waals surface area contributed by atoms with Crippen molar-refractivity contribution >= 4 is 44.3 Å². The monoisotopic (exact) mass is 273 g/mol. The highest BCUT2D eigenvalue weighted by Crippen LogP contribution is 2.31. The van der Waals surface area contributed by atoms with E-state index in [9.17, 15) is 4.79 Å². The Bertz CT molecular complexity index is 378. The van der Waals surface area contributed by atoms with Crippen molar-refractivity contribution in [2.24, 2.45) is 0 Å². The molecule has 0 bridgehead atoms. The van der Waals surface area contributed by atoms with Gasteiger partial charge in [-0.1, -0.05) is 47.4 Å². The van der Waals surface area contributed by atoms with Gasteiger partial charge in [0.1, 0.15) is 9.52 Å². The first kappa shape index (κ1) is 13.6. The summed E-state index contributed by atoms with van der Waals surface area (Å²) in [5.41, 5.74) is 1.85. The maximum atomic E-state index is 11.6. The molecule has 2 radical (unpaired) electrons. The standard InChI is InChI=1S/C11H13Cl2NOSi/c1-8-4-6-10(7-5-8)14(9(2)15)11(12,13)16-3/h4-7H,1-3H3. The molecule has 1 amide bonds. The Morgan fingerprint density at radius 3 is 2.19 bits per heavy atom. The SMILES string of the molecule is C[Si]C(Cl)(Cl)N(C(C)=O)c1ccc(C)cc1. The summed E-state index contributed by atoms with van der Waals surface area (Å²) in [6.45, 7) is 5.31. The van der Waals surface area contributed by atoms with Gasteiger partial charge in [0.2, 0.25) is 5.91 Å². The van der Waals surface area contributed by atoms with E-state index in [0.717, 1.165) is 11.3 Å². The molecule has 0 fully saturated rings. The molecule has 16 heavy (non-hydrogen) atoms. The first-order valence-corrected chi connectivity index (χ1v) is 7.08. The van der Waals surface area contributed by atoms with Crippen LogP contribution < -0.4 is 4.90 Å². The summed E-state index contributed by atoms with van der Waals surface area (Å²) in [5.74, 6) is -0.164. The Morgan fingerprint density at radius 2 is 1.81 bits per heavy atom. The molecular weight excluding hydrogens is 261 g/mol. The van der Waals surface area contributed by atoms with Crippen LogP contribution in [-0.2, 0) is 4.79 Å². The van der Waals surface area contributed by atoms with E-state index in [-0.39, 0.29) is 15.4 Å². The van der Waals surface area contributed by atoms with Gasteiger partial charge in [-0.2, -0.15) is 0 Å². The molecule has 1 aromatic rings. The average Bonchev–Trinajstić information content (AvgIpc) is 2.20.